The SMILES string of the molecule is CCOc1nc(OC)c(CN2C[C@@H]3CN(C(=O)C(C)(CO)CO)CCN3[C@H](C(c3ccccc3)c3ccccc3)C2)c(OCC(F)(F)F)n1.Cl.Cl. The summed E-state index contributed by atoms with van der Waals surface area (Å²) in [5, 5.41) is 19.9. The number of amides is 1. The summed E-state index contributed by atoms with van der Waals surface area (Å²) in [6, 6.07) is 19.8. The highest BCUT2D eigenvalue weighted by atomic mass is 35.5. The van der Waals surface area contributed by atoms with Gasteiger partial charge in [0.1, 0.15) is 0 Å². The molecule has 2 atom stereocenters. The summed E-state index contributed by atoms with van der Waals surface area (Å²) in [6.45, 7) is 3.23. The van der Waals surface area contributed by atoms with Gasteiger partial charge in [0.2, 0.25) is 17.7 Å². The molecule has 2 N–H and O–H groups in total. The van der Waals surface area contributed by atoms with Crippen molar-refractivity contribution in [3.63, 3.8) is 0 Å². The van der Waals surface area contributed by atoms with Gasteiger partial charge in [-0.3, -0.25) is 14.6 Å². The van der Waals surface area contributed by atoms with Gasteiger partial charge in [-0.25, -0.2) is 0 Å². The molecule has 0 spiro atoms. The van der Waals surface area contributed by atoms with Crippen molar-refractivity contribution in [3.8, 4) is 17.8 Å². The molecule has 282 valence electrons. The normalized spacial score (nSPS) is 18.3. The van der Waals surface area contributed by atoms with E-state index in [1.165, 1.54) is 7.11 Å². The van der Waals surface area contributed by atoms with Crippen molar-refractivity contribution in [2.24, 2.45) is 5.41 Å². The number of hydrogen-bond donors (Lipinski definition) is 2. The number of halogens is 5. The number of aliphatic hydroxyl groups is 2. The Morgan fingerprint density at radius 1 is 0.902 bits per heavy atom. The monoisotopic (exact) mass is 759 g/mol. The summed E-state index contributed by atoms with van der Waals surface area (Å²) in [5.41, 5.74) is 1.11. The van der Waals surface area contributed by atoms with Crippen LogP contribution in [0.4, 0.5) is 13.2 Å². The van der Waals surface area contributed by atoms with Crippen molar-refractivity contribution < 1.29 is 42.4 Å². The first-order valence-corrected chi connectivity index (χ1v) is 16.4. The second kappa shape index (κ2) is 18.4. The first kappa shape index (κ1) is 42.0. The summed E-state index contributed by atoms with van der Waals surface area (Å²) in [6.07, 6.45) is -4.60. The number of benzene rings is 2. The number of aliphatic hydroxyl groups excluding tert-OH is 2. The van der Waals surface area contributed by atoms with E-state index < -0.39 is 31.4 Å². The number of alkyl halides is 3. The lowest BCUT2D eigenvalue weighted by Gasteiger charge is -2.54. The number of methoxy groups -OCH3 is 1. The van der Waals surface area contributed by atoms with Gasteiger partial charge < -0.3 is 29.3 Å². The van der Waals surface area contributed by atoms with Gasteiger partial charge in [-0.15, -0.1) is 24.8 Å². The smallest absolute Gasteiger partial charge is 0.422 e. The molecule has 2 aromatic carbocycles. The van der Waals surface area contributed by atoms with E-state index in [2.05, 4.69) is 44.0 Å². The Labute approximate surface area is 308 Å². The molecule has 0 bridgehead atoms. The molecule has 2 aliphatic rings. The molecule has 1 amide bonds. The molecule has 2 saturated heterocycles. The first-order chi connectivity index (χ1) is 23.5. The van der Waals surface area contributed by atoms with Crippen molar-refractivity contribution in [1.29, 1.82) is 0 Å². The molecular weight excluding hydrogens is 714 g/mol. The largest absolute Gasteiger partial charge is 0.481 e. The lowest BCUT2D eigenvalue weighted by Crippen LogP contribution is -2.68. The van der Waals surface area contributed by atoms with Crippen molar-refractivity contribution in [3.05, 3.63) is 77.4 Å². The van der Waals surface area contributed by atoms with Crippen LogP contribution in [0.5, 0.6) is 17.8 Å². The van der Waals surface area contributed by atoms with Gasteiger partial charge in [0.15, 0.2) is 6.61 Å². The number of aromatic nitrogens is 2. The molecule has 0 unspecified atom stereocenters. The van der Waals surface area contributed by atoms with Crippen LogP contribution in [0, 0.1) is 5.41 Å². The predicted octanol–water partition coefficient (Wildman–Crippen LogP) is 4.19. The average molecular weight is 761 g/mol. The van der Waals surface area contributed by atoms with Gasteiger partial charge in [-0.05, 0) is 25.0 Å². The Hall–Kier alpha value is -3.40. The first-order valence-electron chi connectivity index (χ1n) is 16.4. The number of fused-ring (bicyclic) bond motifs is 1. The van der Waals surface area contributed by atoms with Crippen LogP contribution in [0.25, 0.3) is 0 Å². The van der Waals surface area contributed by atoms with Gasteiger partial charge in [0.05, 0.1) is 37.9 Å². The zero-order valence-electron chi connectivity index (χ0n) is 28.8. The Kier molecular flexibility index (Phi) is 15.1. The molecule has 16 heteroatoms. The third kappa shape index (κ3) is 9.93. The van der Waals surface area contributed by atoms with Crippen LogP contribution < -0.4 is 14.2 Å². The minimum Gasteiger partial charge on any atom is -0.481 e. The number of carbonyl (C=O) groups is 1. The van der Waals surface area contributed by atoms with E-state index in [0.29, 0.717) is 32.7 Å². The highest BCUT2D eigenvalue weighted by molar-refractivity contribution is 5.85. The van der Waals surface area contributed by atoms with E-state index in [-0.39, 0.29) is 85.2 Å². The van der Waals surface area contributed by atoms with E-state index in [9.17, 15) is 28.2 Å². The fourth-order valence-electron chi connectivity index (χ4n) is 6.76. The summed E-state index contributed by atoms with van der Waals surface area (Å²) in [4.78, 5) is 28.3. The molecule has 1 aromatic heterocycles. The highest BCUT2D eigenvalue weighted by Crippen LogP contribution is 2.38. The lowest BCUT2D eigenvalue weighted by atomic mass is 9.81. The fourth-order valence-corrected chi connectivity index (χ4v) is 6.76. The van der Waals surface area contributed by atoms with Crippen molar-refractivity contribution in [1.82, 2.24) is 24.7 Å². The Morgan fingerprint density at radius 3 is 2.02 bits per heavy atom. The minimum absolute atomic E-state index is 0. The second-order valence-corrected chi connectivity index (χ2v) is 12.7. The number of ether oxygens (including phenoxy) is 3. The number of carbonyl (C=O) groups excluding carboxylic acids is 1. The van der Waals surface area contributed by atoms with E-state index in [4.69, 9.17) is 14.2 Å². The van der Waals surface area contributed by atoms with Crippen LogP contribution in [-0.4, -0.2) is 125 Å². The lowest BCUT2D eigenvalue weighted by molar-refractivity contribution is -0.154. The Balaban J connectivity index is 0.00000351. The number of hydrogen-bond acceptors (Lipinski definition) is 10. The van der Waals surface area contributed by atoms with Crippen molar-refractivity contribution >= 4 is 30.7 Å². The highest BCUT2D eigenvalue weighted by Gasteiger charge is 2.46. The quantitative estimate of drug-likeness (QED) is 0.263. The summed E-state index contributed by atoms with van der Waals surface area (Å²) in [5.74, 6) is -0.664. The maximum atomic E-state index is 13.6. The molecule has 0 aliphatic carbocycles. The third-order valence-corrected chi connectivity index (χ3v) is 9.20. The molecule has 0 saturated carbocycles. The van der Waals surface area contributed by atoms with Gasteiger partial charge in [0, 0.05) is 57.3 Å². The molecule has 2 fully saturated rings. The van der Waals surface area contributed by atoms with Crippen LogP contribution in [0.1, 0.15) is 36.5 Å². The van der Waals surface area contributed by atoms with Crippen LogP contribution >= 0.6 is 24.8 Å². The van der Waals surface area contributed by atoms with Gasteiger partial charge in [0.25, 0.3) is 0 Å². The average Bonchev–Trinajstić information content (AvgIpc) is 3.11. The van der Waals surface area contributed by atoms with E-state index in [0.717, 1.165) is 11.1 Å². The van der Waals surface area contributed by atoms with Crippen LogP contribution in [-0.2, 0) is 11.3 Å². The minimum atomic E-state index is -4.60. The zero-order chi connectivity index (χ0) is 35.2. The van der Waals surface area contributed by atoms with E-state index >= 15 is 0 Å². The maximum Gasteiger partial charge on any atom is 0.422 e. The number of nitrogens with zero attached hydrogens (tertiary/aromatic N) is 5. The number of piperazine rings is 2. The molecule has 2 aliphatic heterocycles. The van der Waals surface area contributed by atoms with Crippen molar-refractivity contribution in [2.75, 3.05) is 66.3 Å². The third-order valence-electron chi connectivity index (χ3n) is 9.20. The standard InChI is InChI=1S/C35H44F3N5O6.2ClH/c1-4-48-33-39-30(47-3)27(31(40-33)49-23-35(36,37)38)19-41-17-26-18-42(32(46)34(2,21-44)22-45)15-16-43(26)28(20-41)29(24-11-7-5-8-12-24)25-13-9-6-10-14-25;;/h5-14,26,28-29,44-45H,4,15-23H2,1-3H3;2*1H/t26-,28+;;/m1../s1. The van der Waals surface area contributed by atoms with Gasteiger partial charge in [-0.1, -0.05) is 60.7 Å². The molecule has 3 aromatic rings. The van der Waals surface area contributed by atoms with E-state index in [1.54, 1.807) is 18.7 Å². The molecule has 0 radical (unpaired) electrons. The molecule has 3 heterocycles. The molecular formula is C35H46Cl2F3N5O6. The van der Waals surface area contributed by atoms with Crippen LogP contribution in [0.2, 0.25) is 0 Å². The Morgan fingerprint density at radius 2 is 1.49 bits per heavy atom. The molecule has 5 rings (SSSR count). The fraction of sp³-hybridized carbons (Fsp3) is 0.514. The summed E-state index contributed by atoms with van der Waals surface area (Å²) in [7, 11) is 1.38. The van der Waals surface area contributed by atoms with Gasteiger partial charge in [-0.2, -0.15) is 23.1 Å². The van der Waals surface area contributed by atoms with Crippen LogP contribution in [0.3, 0.4) is 0 Å². The van der Waals surface area contributed by atoms with E-state index in [1.807, 2.05) is 36.4 Å². The maximum absolute atomic E-state index is 13.6. The summed E-state index contributed by atoms with van der Waals surface area (Å²) >= 11 is 0. The number of rotatable bonds is 13. The van der Waals surface area contributed by atoms with Crippen LogP contribution in [0.15, 0.2) is 60.7 Å². The zero-order valence-corrected chi connectivity index (χ0v) is 30.4. The van der Waals surface area contributed by atoms with Gasteiger partial charge >= 0.3 is 12.2 Å². The predicted molar refractivity (Wildman–Crippen MR) is 189 cm³/mol. The van der Waals surface area contributed by atoms with Crippen molar-refractivity contribution in [2.45, 2.75) is 44.6 Å². The Bertz CT molecular complexity index is 1500. The molecule has 51 heavy (non-hydrogen) atoms. The second-order valence-electron chi connectivity index (χ2n) is 12.7. The summed E-state index contributed by atoms with van der Waals surface area (Å²) < 4.78 is 56.2. The molecule has 11 nitrogen and oxygen atoms in total. The topological polar surface area (TPSA) is 121 Å².